The minimum absolute atomic E-state index is 0.00316. The van der Waals surface area contributed by atoms with Gasteiger partial charge in [-0.2, -0.15) is 11.3 Å². The second-order valence-electron chi connectivity index (χ2n) is 5.75. The third kappa shape index (κ3) is 3.99. The van der Waals surface area contributed by atoms with Crippen molar-refractivity contribution >= 4 is 17.2 Å². The summed E-state index contributed by atoms with van der Waals surface area (Å²) in [7, 11) is 0. The van der Waals surface area contributed by atoms with Crippen molar-refractivity contribution in [1.29, 1.82) is 0 Å². The van der Waals surface area contributed by atoms with Crippen molar-refractivity contribution in [2.75, 3.05) is 32.8 Å². The van der Waals surface area contributed by atoms with Crippen LogP contribution in [0.15, 0.2) is 41.1 Å². The molecule has 0 radical (unpaired) electrons. The van der Waals surface area contributed by atoms with Gasteiger partial charge in [-0.15, -0.1) is 0 Å². The first kappa shape index (κ1) is 16.2. The van der Waals surface area contributed by atoms with Crippen molar-refractivity contribution < 1.29 is 9.53 Å². The van der Waals surface area contributed by atoms with Gasteiger partial charge in [-0.3, -0.25) is 9.69 Å². The Labute approximate surface area is 141 Å². The monoisotopic (exact) mass is 330 g/mol. The molecule has 0 unspecified atom stereocenters. The van der Waals surface area contributed by atoms with E-state index < -0.39 is 0 Å². The van der Waals surface area contributed by atoms with Crippen LogP contribution in [0.25, 0.3) is 0 Å². The van der Waals surface area contributed by atoms with Crippen molar-refractivity contribution in [2.24, 2.45) is 0 Å². The number of carbonyl (C=O) groups is 1. The number of ether oxygens (including phenoxy) is 1. The molecule has 1 aromatic carbocycles. The van der Waals surface area contributed by atoms with E-state index in [0.717, 1.165) is 37.4 Å². The zero-order valence-corrected chi connectivity index (χ0v) is 14.1. The van der Waals surface area contributed by atoms with Gasteiger partial charge in [0.05, 0.1) is 19.3 Å². The van der Waals surface area contributed by atoms with E-state index in [1.807, 2.05) is 31.2 Å². The Bertz CT molecular complexity index is 636. The molecule has 1 aromatic heterocycles. The van der Waals surface area contributed by atoms with Crippen molar-refractivity contribution in [3.8, 4) is 0 Å². The molecule has 1 saturated heterocycles. The van der Waals surface area contributed by atoms with Crippen LogP contribution in [0.2, 0.25) is 0 Å². The number of thiophene rings is 1. The number of rotatable bonds is 5. The van der Waals surface area contributed by atoms with E-state index in [1.165, 1.54) is 5.56 Å². The van der Waals surface area contributed by atoms with Gasteiger partial charge in [-0.1, -0.05) is 18.2 Å². The highest BCUT2D eigenvalue weighted by atomic mass is 32.1. The fourth-order valence-corrected chi connectivity index (χ4v) is 3.63. The summed E-state index contributed by atoms with van der Waals surface area (Å²) in [6, 6.07) is 10.0. The Morgan fingerprint density at radius 2 is 2.09 bits per heavy atom. The van der Waals surface area contributed by atoms with E-state index in [-0.39, 0.29) is 11.9 Å². The van der Waals surface area contributed by atoms with Gasteiger partial charge in [-0.25, -0.2) is 0 Å². The highest BCUT2D eigenvalue weighted by Gasteiger charge is 2.23. The zero-order chi connectivity index (χ0) is 16.1. The second kappa shape index (κ2) is 7.73. The van der Waals surface area contributed by atoms with Crippen LogP contribution < -0.4 is 5.32 Å². The lowest BCUT2D eigenvalue weighted by Crippen LogP contribution is -2.43. The number of morpholine rings is 1. The molecule has 2 heterocycles. The number of nitrogens with zero attached hydrogens (tertiary/aromatic N) is 1. The molecule has 2 aromatic rings. The van der Waals surface area contributed by atoms with Crippen LogP contribution in [0.5, 0.6) is 0 Å². The molecule has 23 heavy (non-hydrogen) atoms. The van der Waals surface area contributed by atoms with Crippen molar-refractivity contribution in [1.82, 2.24) is 10.2 Å². The average molecular weight is 330 g/mol. The van der Waals surface area contributed by atoms with E-state index in [0.29, 0.717) is 6.54 Å². The smallest absolute Gasteiger partial charge is 0.251 e. The first-order chi connectivity index (χ1) is 11.3. The average Bonchev–Trinajstić information content (AvgIpc) is 3.10. The number of carbonyl (C=O) groups excluding carboxylic acids is 1. The minimum atomic E-state index is -0.00316. The lowest BCUT2D eigenvalue weighted by atomic mass is 10.1. The summed E-state index contributed by atoms with van der Waals surface area (Å²) < 4.78 is 5.45. The molecular weight excluding hydrogens is 308 g/mol. The molecule has 1 amide bonds. The standard InChI is InChI=1S/C18H22N2O2S/c1-14-4-2-3-5-16(14)18(21)19-12-17(15-6-11-23-13-15)20-7-9-22-10-8-20/h2-6,11,13,17H,7-10,12H2,1H3,(H,19,21)/t17-/m0/s1. The normalized spacial score (nSPS) is 16.9. The summed E-state index contributed by atoms with van der Waals surface area (Å²) in [6.45, 7) is 5.90. The first-order valence-corrected chi connectivity index (χ1v) is 8.87. The summed E-state index contributed by atoms with van der Waals surface area (Å²) >= 11 is 1.69. The summed E-state index contributed by atoms with van der Waals surface area (Å²) in [6.07, 6.45) is 0. The van der Waals surface area contributed by atoms with Crippen molar-refractivity contribution in [2.45, 2.75) is 13.0 Å². The maximum atomic E-state index is 12.5. The second-order valence-corrected chi connectivity index (χ2v) is 6.53. The van der Waals surface area contributed by atoms with Crippen molar-refractivity contribution in [3.05, 3.63) is 57.8 Å². The maximum absolute atomic E-state index is 12.5. The number of benzene rings is 1. The summed E-state index contributed by atoms with van der Waals surface area (Å²) in [5.74, 6) is -0.00316. The summed E-state index contributed by atoms with van der Waals surface area (Å²) in [5, 5.41) is 7.36. The quantitative estimate of drug-likeness (QED) is 0.916. The van der Waals surface area contributed by atoms with E-state index in [1.54, 1.807) is 11.3 Å². The lowest BCUT2D eigenvalue weighted by molar-refractivity contribution is 0.0163. The van der Waals surface area contributed by atoms with E-state index in [2.05, 4.69) is 27.0 Å². The van der Waals surface area contributed by atoms with E-state index >= 15 is 0 Å². The molecule has 3 rings (SSSR count). The number of amides is 1. The SMILES string of the molecule is Cc1ccccc1C(=O)NC[C@@H](c1ccsc1)N1CCOCC1. The lowest BCUT2D eigenvalue weighted by Gasteiger charge is -2.34. The van der Waals surface area contributed by atoms with Crippen LogP contribution in [-0.4, -0.2) is 43.7 Å². The first-order valence-electron chi connectivity index (χ1n) is 7.93. The maximum Gasteiger partial charge on any atom is 0.251 e. The highest BCUT2D eigenvalue weighted by Crippen LogP contribution is 2.23. The van der Waals surface area contributed by atoms with Gasteiger partial charge >= 0.3 is 0 Å². The molecule has 1 aliphatic rings. The van der Waals surface area contributed by atoms with Gasteiger partial charge in [0.15, 0.2) is 0 Å². The topological polar surface area (TPSA) is 41.6 Å². The number of hydrogen-bond donors (Lipinski definition) is 1. The molecule has 1 N–H and O–H groups in total. The Balaban J connectivity index is 1.69. The fraction of sp³-hybridized carbons (Fsp3) is 0.389. The van der Waals surface area contributed by atoms with Gasteiger partial charge in [-0.05, 0) is 40.9 Å². The molecule has 1 fully saturated rings. The summed E-state index contributed by atoms with van der Waals surface area (Å²) in [4.78, 5) is 14.9. The molecule has 1 aliphatic heterocycles. The number of aryl methyl sites for hydroxylation is 1. The van der Waals surface area contributed by atoms with Crippen LogP contribution in [-0.2, 0) is 4.74 Å². The Kier molecular flexibility index (Phi) is 5.43. The largest absolute Gasteiger partial charge is 0.379 e. The Hall–Kier alpha value is -1.69. The van der Waals surface area contributed by atoms with Crippen LogP contribution in [0.1, 0.15) is 27.5 Å². The van der Waals surface area contributed by atoms with Crippen LogP contribution >= 0.6 is 11.3 Å². The van der Waals surface area contributed by atoms with Crippen molar-refractivity contribution in [3.63, 3.8) is 0 Å². The van der Waals surface area contributed by atoms with Crippen LogP contribution in [0.4, 0.5) is 0 Å². The molecule has 1 atom stereocenters. The molecule has 122 valence electrons. The third-order valence-electron chi connectivity index (χ3n) is 4.26. The van der Waals surface area contributed by atoms with Gasteiger partial charge in [0.2, 0.25) is 0 Å². The molecule has 0 bridgehead atoms. The van der Waals surface area contributed by atoms with Gasteiger partial charge < -0.3 is 10.1 Å². The zero-order valence-electron chi connectivity index (χ0n) is 13.3. The third-order valence-corrected chi connectivity index (χ3v) is 4.96. The minimum Gasteiger partial charge on any atom is -0.379 e. The molecule has 0 saturated carbocycles. The van der Waals surface area contributed by atoms with Crippen LogP contribution in [0.3, 0.4) is 0 Å². The fourth-order valence-electron chi connectivity index (χ4n) is 2.92. The molecule has 5 heteroatoms. The van der Waals surface area contributed by atoms with E-state index in [9.17, 15) is 4.79 Å². The summed E-state index contributed by atoms with van der Waals surface area (Å²) in [5.41, 5.74) is 3.02. The number of nitrogens with one attached hydrogen (secondary N) is 1. The molecule has 0 spiro atoms. The highest BCUT2D eigenvalue weighted by molar-refractivity contribution is 7.07. The molecule has 0 aliphatic carbocycles. The van der Waals surface area contributed by atoms with Gasteiger partial charge in [0, 0.05) is 25.2 Å². The van der Waals surface area contributed by atoms with Crippen LogP contribution in [0, 0.1) is 6.92 Å². The predicted octanol–water partition coefficient (Wildman–Crippen LogP) is 2.86. The van der Waals surface area contributed by atoms with Gasteiger partial charge in [0.1, 0.15) is 0 Å². The number of hydrogen-bond acceptors (Lipinski definition) is 4. The Morgan fingerprint density at radius 1 is 1.30 bits per heavy atom. The molecule has 4 nitrogen and oxygen atoms in total. The van der Waals surface area contributed by atoms with Gasteiger partial charge in [0.25, 0.3) is 5.91 Å². The molecular formula is C18H22N2O2S. The Morgan fingerprint density at radius 3 is 2.78 bits per heavy atom. The van der Waals surface area contributed by atoms with E-state index in [4.69, 9.17) is 4.74 Å². The predicted molar refractivity (Wildman–Crippen MR) is 93.0 cm³/mol.